The number of nitrogens with one attached hydrogen (secondary N) is 1. The predicted octanol–water partition coefficient (Wildman–Crippen LogP) is 4.82. The molecule has 6 rings (SSSR count). The first kappa shape index (κ1) is 27.3. The van der Waals surface area contributed by atoms with E-state index in [4.69, 9.17) is 4.74 Å². The third kappa shape index (κ3) is 4.96. The number of thiazole rings is 1. The Morgan fingerprint density at radius 2 is 1.66 bits per heavy atom. The molecule has 9 nitrogen and oxygen atoms in total. The number of hydrogen-bond acceptors (Lipinski definition) is 8. The first-order chi connectivity index (χ1) is 19.7. The second kappa shape index (κ2) is 10.8. The molecule has 0 unspecified atom stereocenters. The van der Waals surface area contributed by atoms with Crippen LogP contribution in [0.4, 0.5) is 11.4 Å². The summed E-state index contributed by atoms with van der Waals surface area (Å²) in [6, 6.07) is 20.2. The maximum atomic E-state index is 13.9. The number of carbonyl (C=O) groups excluding carboxylic acids is 3. The number of thioether (sulfide) groups is 1. The lowest BCUT2D eigenvalue weighted by atomic mass is 9.83. The van der Waals surface area contributed by atoms with Crippen LogP contribution < -0.4 is 19.8 Å². The van der Waals surface area contributed by atoms with Crippen LogP contribution in [0.2, 0.25) is 0 Å². The van der Waals surface area contributed by atoms with Gasteiger partial charge in [-0.3, -0.25) is 23.7 Å². The van der Waals surface area contributed by atoms with Crippen LogP contribution in [0, 0.1) is 5.92 Å². The van der Waals surface area contributed by atoms with Crippen LogP contribution in [-0.4, -0.2) is 39.8 Å². The molecule has 12 heteroatoms. The summed E-state index contributed by atoms with van der Waals surface area (Å²) in [5, 5.41) is 12.0. The number of phenolic OH excluding ortho intramolecular Hbond substituents is 1. The van der Waals surface area contributed by atoms with Gasteiger partial charge in [-0.05, 0) is 66.2 Å². The largest absolute Gasteiger partial charge is 0.508 e. The lowest BCUT2D eigenvalue weighted by molar-refractivity contribution is -0.122. The molecule has 3 amide bonds. The zero-order valence-corrected chi connectivity index (χ0v) is 24.7. The van der Waals surface area contributed by atoms with Gasteiger partial charge >= 0.3 is 4.87 Å². The molecule has 0 saturated carbocycles. The summed E-state index contributed by atoms with van der Waals surface area (Å²) in [7, 11) is 1.56. The summed E-state index contributed by atoms with van der Waals surface area (Å²) >= 11 is 5.54. The molecular weight excluding hydrogens is 630 g/mol. The van der Waals surface area contributed by atoms with Crippen molar-refractivity contribution in [2.75, 3.05) is 17.3 Å². The molecule has 2 N–H and O–H groups in total. The predicted molar refractivity (Wildman–Crippen MR) is 160 cm³/mol. The first-order valence-electron chi connectivity index (χ1n) is 12.5. The van der Waals surface area contributed by atoms with E-state index < -0.39 is 23.0 Å². The van der Waals surface area contributed by atoms with Gasteiger partial charge in [-0.15, -0.1) is 0 Å². The SMILES string of the molecule is COc1ccc([C@@H]2c3sc(=O)n(CC(=O)Nc4ccc(O)cc4)c3S[C@H]3C(=O)N(c4ccc(Br)cc4)C(=O)[C@@H]23)cc1. The average Bonchev–Trinajstić information content (AvgIpc) is 3.41. The van der Waals surface area contributed by atoms with Crippen molar-refractivity contribution in [2.24, 2.45) is 5.92 Å². The highest BCUT2D eigenvalue weighted by Gasteiger charge is 2.56. The normalized spacial score (nSPS) is 19.6. The number of rotatable bonds is 6. The van der Waals surface area contributed by atoms with E-state index in [2.05, 4.69) is 21.2 Å². The third-order valence-electron chi connectivity index (χ3n) is 7.06. The Balaban J connectivity index is 1.40. The molecule has 2 aliphatic heterocycles. The lowest BCUT2D eigenvalue weighted by Crippen LogP contribution is -2.33. The van der Waals surface area contributed by atoms with Crippen LogP contribution in [0.15, 0.2) is 87.1 Å². The molecule has 1 aromatic heterocycles. The van der Waals surface area contributed by atoms with Crippen molar-refractivity contribution in [2.45, 2.75) is 22.7 Å². The Morgan fingerprint density at radius 3 is 2.32 bits per heavy atom. The monoisotopic (exact) mass is 651 g/mol. The summed E-state index contributed by atoms with van der Waals surface area (Å²) < 4.78 is 7.50. The number of amides is 3. The standard InChI is InChI=1S/C29H22BrN3O6S2/c1-39-20-12-2-15(3-13-20)22-23-24(27(37)33(26(23)36)18-8-4-16(30)5-9-18)40-28-25(22)41-29(38)32(28)14-21(35)31-17-6-10-19(34)11-7-17/h2-13,22-24,34H,14H2,1H3,(H,31,35)/t22-,23-,24+/m0/s1. The highest BCUT2D eigenvalue weighted by molar-refractivity contribution is 9.10. The Bertz CT molecular complexity index is 1720. The minimum atomic E-state index is -0.786. The van der Waals surface area contributed by atoms with Crippen molar-refractivity contribution in [3.05, 3.63) is 97.4 Å². The molecule has 3 atom stereocenters. The molecule has 4 aromatic rings. The van der Waals surface area contributed by atoms with Gasteiger partial charge in [0.25, 0.3) is 0 Å². The van der Waals surface area contributed by atoms with Crippen LogP contribution in [0.3, 0.4) is 0 Å². The molecule has 0 aliphatic carbocycles. The molecule has 2 aliphatic rings. The maximum Gasteiger partial charge on any atom is 0.308 e. The number of anilines is 2. The van der Waals surface area contributed by atoms with E-state index in [-0.39, 0.29) is 29.0 Å². The lowest BCUT2D eigenvalue weighted by Gasteiger charge is -2.30. The molecule has 0 radical (unpaired) electrons. The van der Waals surface area contributed by atoms with E-state index in [9.17, 15) is 24.3 Å². The van der Waals surface area contributed by atoms with Crippen LogP contribution in [-0.2, 0) is 20.9 Å². The number of halogens is 1. The smallest absolute Gasteiger partial charge is 0.308 e. The first-order valence-corrected chi connectivity index (χ1v) is 15.0. The number of aromatic nitrogens is 1. The zero-order chi connectivity index (χ0) is 28.8. The summed E-state index contributed by atoms with van der Waals surface area (Å²) in [6.45, 7) is -0.274. The van der Waals surface area contributed by atoms with Gasteiger partial charge in [0.15, 0.2) is 0 Å². The minimum absolute atomic E-state index is 0.0645. The van der Waals surface area contributed by atoms with E-state index in [1.165, 1.54) is 21.6 Å². The fraction of sp³-hybridized carbons (Fsp3) is 0.172. The highest BCUT2D eigenvalue weighted by Crippen LogP contribution is 2.54. The van der Waals surface area contributed by atoms with Crippen molar-refractivity contribution in [3.8, 4) is 11.5 Å². The van der Waals surface area contributed by atoms with Gasteiger partial charge < -0.3 is 15.2 Å². The number of phenols is 1. The van der Waals surface area contributed by atoms with Crippen molar-refractivity contribution < 1.29 is 24.2 Å². The molecular formula is C29H22BrN3O6S2. The zero-order valence-electron chi connectivity index (χ0n) is 21.4. The number of ether oxygens (including phenoxy) is 1. The van der Waals surface area contributed by atoms with E-state index >= 15 is 0 Å². The van der Waals surface area contributed by atoms with Crippen LogP contribution in [0.5, 0.6) is 11.5 Å². The fourth-order valence-corrected chi connectivity index (χ4v) is 8.20. The molecule has 0 bridgehead atoms. The highest BCUT2D eigenvalue weighted by atomic mass is 79.9. The fourth-order valence-electron chi connectivity index (χ4n) is 5.16. The molecule has 41 heavy (non-hydrogen) atoms. The number of imide groups is 1. The van der Waals surface area contributed by atoms with Gasteiger partial charge in [0.1, 0.15) is 23.3 Å². The van der Waals surface area contributed by atoms with Gasteiger partial charge in [-0.1, -0.05) is 51.2 Å². The minimum Gasteiger partial charge on any atom is -0.508 e. The Morgan fingerprint density at radius 1 is 0.976 bits per heavy atom. The Labute approximate surface area is 250 Å². The van der Waals surface area contributed by atoms with Gasteiger partial charge in [0.05, 0.1) is 23.7 Å². The van der Waals surface area contributed by atoms with E-state index in [1.54, 1.807) is 55.6 Å². The number of methoxy groups -OCH3 is 1. The number of hydrogen-bond donors (Lipinski definition) is 2. The van der Waals surface area contributed by atoms with Crippen molar-refractivity contribution in [1.29, 1.82) is 0 Å². The van der Waals surface area contributed by atoms with Gasteiger partial charge in [0, 0.05) is 21.0 Å². The molecule has 3 heterocycles. The Hall–Kier alpha value is -3.87. The second-order valence-electron chi connectivity index (χ2n) is 9.52. The van der Waals surface area contributed by atoms with E-state index in [0.717, 1.165) is 33.1 Å². The quantitative estimate of drug-likeness (QED) is 0.227. The van der Waals surface area contributed by atoms with Gasteiger partial charge in [-0.2, -0.15) is 0 Å². The number of nitrogens with zero attached hydrogens (tertiary/aromatic N) is 2. The van der Waals surface area contributed by atoms with Crippen molar-refractivity contribution >= 4 is 68.1 Å². The molecule has 1 saturated heterocycles. The topological polar surface area (TPSA) is 118 Å². The Kier molecular flexibility index (Phi) is 7.22. The summed E-state index contributed by atoms with van der Waals surface area (Å²) in [5.74, 6) is -1.75. The maximum absolute atomic E-state index is 13.9. The van der Waals surface area contributed by atoms with Crippen LogP contribution in [0.25, 0.3) is 0 Å². The average molecular weight is 653 g/mol. The molecule has 0 spiro atoms. The van der Waals surface area contributed by atoms with E-state index in [1.807, 2.05) is 12.1 Å². The number of carbonyl (C=O) groups is 3. The molecule has 3 aromatic carbocycles. The number of aromatic hydroxyl groups is 1. The third-order valence-corrected chi connectivity index (χ3v) is 10.2. The van der Waals surface area contributed by atoms with Crippen LogP contribution in [0.1, 0.15) is 16.4 Å². The second-order valence-corrected chi connectivity index (χ2v) is 12.6. The van der Waals surface area contributed by atoms with Gasteiger partial charge in [-0.25, -0.2) is 4.90 Å². The summed E-state index contributed by atoms with van der Waals surface area (Å²) in [5.41, 5.74) is 1.71. The van der Waals surface area contributed by atoms with Gasteiger partial charge in [0.2, 0.25) is 17.7 Å². The van der Waals surface area contributed by atoms with Crippen LogP contribution >= 0.6 is 39.0 Å². The molecule has 1 fully saturated rings. The van der Waals surface area contributed by atoms with Crippen molar-refractivity contribution in [1.82, 2.24) is 4.57 Å². The summed E-state index contributed by atoms with van der Waals surface area (Å²) in [6.07, 6.45) is 0. The van der Waals surface area contributed by atoms with E-state index in [0.29, 0.717) is 27.0 Å². The summed E-state index contributed by atoms with van der Waals surface area (Å²) in [4.78, 5) is 55.5. The van der Waals surface area contributed by atoms with Crippen molar-refractivity contribution in [3.63, 3.8) is 0 Å². The number of benzene rings is 3. The number of fused-ring (bicyclic) bond motifs is 2. The molecule has 208 valence electrons.